The number of rotatable bonds is 5. The van der Waals surface area contributed by atoms with Crippen molar-refractivity contribution in [1.82, 2.24) is 0 Å². The van der Waals surface area contributed by atoms with Crippen LogP contribution in [0.4, 0.5) is 0 Å². The van der Waals surface area contributed by atoms with Gasteiger partial charge in [0.05, 0.1) is 12.7 Å². The molecule has 0 aromatic heterocycles. The molecule has 0 N–H and O–H groups in total. The zero-order chi connectivity index (χ0) is 11.9. The number of hydrogen-bond acceptors (Lipinski definition) is 1. The van der Waals surface area contributed by atoms with Crippen molar-refractivity contribution in [2.24, 2.45) is 0 Å². The van der Waals surface area contributed by atoms with Crippen LogP contribution in [-0.4, -0.2) is 4.43 Å². The van der Waals surface area contributed by atoms with Gasteiger partial charge in [0.15, 0.2) is 0 Å². The first-order valence-corrected chi connectivity index (χ1v) is 7.19. The molecule has 1 atom stereocenters. The third-order valence-corrected chi connectivity index (χ3v) is 3.41. The molecular formula is C15H15IO. The number of hydrogen-bond donors (Lipinski definition) is 0. The zero-order valence-corrected chi connectivity index (χ0v) is 11.7. The zero-order valence-electron chi connectivity index (χ0n) is 9.55. The van der Waals surface area contributed by atoms with Gasteiger partial charge in [-0.15, -0.1) is 0 Å². The van der Waals surface area contributed by atoms with Gasteiger partial charge in [-0.2, -0.15) is 0 Å². The molecule has 1 unspecified atom stereocenters. The van der Waals surface area contributed by atoms with Crippen molar-refractivity contribution in [3.8, 4) is 0 Å². The second-order valence-electron chi connectivity index (χ2n) is 3.85. The summed E-state index contributed by atoms with van der Waals surface area (Å²) in [6.45, 7) is 0.670. The van der Waals surface area contributed by atoms with Crippen molar-refractivity contribution in [1.29, 1.82) is 0 Å². The highest BCUT2D eigenvalue weighted by Gasteiger charge is 2.09. The summed E-state index contributed by atoms with van der Waals surface area (Å²) < 4.78 is 6.92. The summed E-state index contributed by atoms with van der Waals surface area (Å²) in [4.78, 5) is 0. The fourth-order valence-electron chi connectivity index (χ4n) is 1.67. The average molecular weight is 338 g/mol. The van der Waals surface area contributed by atoms with Crippen molar-refractivity contribution in [2.75, 3.05) is 4.43 Å². The highest BCUT2D eigenvalue weighted by molar-refractivity contribution is 14.1. The molecule has 2 heteroatoms. The predicted octanol–water partition coefficient (Wildman–Crippen LogP) is 4.38. The lowest BCUT2D eigenvalue weighted by Crippen LogP contribution is -2.05. The molecule has 0 spiro atoms. The normalized spacial score (nSPS) is 12.3. The fourth-order valence-corrected chi connectivity index (χ4v) is 2.43. The number of benzene rings is 2. The van der Waals surface area contributed by atoms with Crippen LogP contribution in [0.15, 0.2) is 60.7 Å². The summed E-state index contributed by atoms with van der Waals surface area (Å²) in [5, 5.41) is 0. The average Bonchev–Trinajstić information content (AvgIpc) is 2.42. The van der Waals surface area contributed by atoms with Crippen LogP contribution in [0.2, 0.25) is 0 Å². The molecule has 2 aromatic carbocycles. The van der Waals surface area contributed by atoms with Gasteiger partial charge in [-0.05, 0) is 11.1 Å². The minimum absolute atomic E-state index is 0.178. The second kappa shape index (κ2) is 6.77. The van der Waals surface area contributed by atoms with E-state index in [9.17, 15) is 0 Å². The third-order valence-electron chi connectivity index (χ3n) is 2.61. The van der Waals surface area contributed by atoms with Crippen LogP contribution in [0.25, 0.3) is 0 Å². The largest absolute Gasteiger partial charge is 0.368 e. The molecular weight excluding hydrogens is 323 g/mol. The van der Waals surface area contributed by atoms with E-state index in [4.69, 9.17) is 4.74 Å². The summed E-state index contributed by atoms with van der Waals surface area (Å²) in [5.41, 5.74) is 2.47. The molecule has 0 aliphatic heterocycles. The third kappa shape index (κ3) is 3.82. The SMILES string of the molecule is ICC(OCc1ccccc1)c1ccccc1. The van der Waals surface area contributed by atoms with E-state index in [1.54, 1.807) is 0 Å². The summed E-state index contributed by atoms with van der Waals surface area (Å²) in [6, 6.07) is 20.7. The van der Waals surface area contributed by atoms with E-state index in [1.807, 2.05) is 24.3 Å². The number of alkyl halides is 1. The highest BCUT2D eigenvalue weighted by atomic mass is 127. The van der Waals surface area contributed by atoms with Crippen LogP contribution in [0.3, 0.4) is 0 Å². The van der Waals surface area contributed by atoms with Gasteiger partial charge in [0.2, 0.25) is 0 Å². The number of ether oxygens (including phenoxy) is 1. The van der Waals surface area contributed by atoms with Crippen molar-refractivity contribution in [3.05, 3.63) is 71.8 Å². The van der Waals surface area contributed by atoms with E-state index in [-0.39, 0.29) is 6.10 Å². The lowest BCUT2D eigenvalue weighted by atomic mass is 10.1. The van der Waals surface area contributed by atoms with Crippen LogP contribution in [0.5, 0.6) is 0 Å². The Morgan fingerprint density at radius 1 is 0.882 bits per heavy atom. The highest BCUT2D eigenvalue weighted by Crippen LogP contribution is 2.21. The van der Waals surface area contributed by atoms with Crippen molar-refractivity contribution >= 4 is 22.6 Å². The maximum Gasteiger partial charge on any atom is 0.0918 e. The van der Waals surface area contributed by atoms with E-state index in [2.05, 4.69) is 59.0 Å². The first-order valence-electron chi connectivity index (χ1n) is 5.66. The molecule has 2 aromatic rings. The molecule has 0 saturated carbocycles. The lowest BCUT2D eigenvalue weighted by Gasteiger charge is -2.15. The predicted molar refractivity (Wildman–Crippen MR) is 79.3 cm³/mol. The Bertz CT molecular complexity index is 427. The van der Waals surface area contributed by atoms with Gasteiger partial charge in [0.1, 0.15) is 0 Å². The smallest absolute Gasteiger partial charge is 0.0918 e. The van der Waals surface area contributed by atoms with Crippen molar-refractivity contribution in [2.45, 2.75) is 12.7 Å². The molecule has 0 amide bonds. The van der Waals surface area contributed by atoms with Crippen molar-refractivity contribution < 1.29 is 4.74 Å². The van der Waals surface area contributed by atoms with Crippen LogP contribution in [0, 0.1) is 0 Å². The summed E-state index contributed by atoms with van der Waals surface area (Å²) >= 11 is 2.37. The Labute approximate surface area is 116 Å². The van der Waals surface area contributed by atoms with Gasteiger partial charge in [-0.25, -0.2) is 0 Å². The van der Waals surface area contributed by atoms with Crippen molar-refractivity contribution in [3.63, 3.8) is 0 Å². The Morgan fingerprint density at radius 2 is 1.47 bits per heavy atom. The molecule has 0 heterocycles. The topological polar surface area (TPSA) is 9.23 Å². The van der Waals surface area contributed by atoms with Gasteiger partial charge >= 0.3 is 0 Å². The monoisotopic (exact) mass is 338 g/mol. The van der Waals surface area contributed by atoms with E-state index in [0.29, 0.717) is 6.61 Å². The Kier molecular flexibility index (Phi) is 5.01. The molecule has 17 heavy (non-hydrogen) atoms. The lowest BCUT2D eigenvalue weighted by molar-refractivity contribution is 0.0577. The summed E-state index contributed by atoms with van der Waals surface area (Å²) in [5.74, 6) is 0. The second-order valence-corrected chi connectivity index (χ2v) is 4.73. The van der Waals surface area contributed by atoms with Gasteiger partial charge in [0, 0.05) is 4.43 Å². The van der Waals surface area contributed by atoms with Crippen LogP contribution >= 0.6 is 22.6 Å². The Balaban J connectivity index is 1.97. The molecule has 0 aliphatic rings. The van der Waals surface area contributed by atoms with Crippen LogP contribution < -0.4 is 0 Å². The molecule has 0 saturated heterocycles. The Morgan fingerprint density at radius 3 is 2.06 bits per heavy atom. The maximum absolute atomic E-state index is 5.96. The molecule has 2 rings (SSSR count). The summed E-state index contributed by atoms with van der Waals surface area (Å²) in [6.07, 6.45) is 0.178. The van der Waals surface area contributed by atoms with Gasteiger partial charge in [0.25, 0.3) is 0 Å². The maximum atomic E-state index is 5.96. The fraction of sp³-hybridized carbons (Fsp3) is 0.200. The molecule has 0 aliphatic carbocycles. The van der Waals surface area contributed by atoms with E-state index in [0.717, 1.165) is 4.43 Å². The molecule has 0 bridgehead atoms. The van der Waals surface area contributed by atoms with Crippen LogP contribution in [-0.2, 0) is 11.3 Å². The minimum Gasteiger partial charge on any atom is -0.368 e. The standard InChI is InChI=1S/C15H15IO/c16-11-15(14-9-5-2-6-10-14)17-12-13-7-3-1-4-8-13/h1-10,15H,11-12H2. The molecule has 88 valence electrons. The van der Waals surface area contributed by atoms with Gasteiger partial charge in [-0.1, -0.05) is 83.3 Å². The Hall–Kier alpha value is -0.870. The minimum atomic E-state index is 0.178. The molecule has 0 radical (unpaired) electrons. The molecule has 1 nitrogen and oxygen atoms in total. The van der Waals surface area contributed by atoms with E-state index >= 15 is 0 Å². The van der Waals surface area contributed by atoms with E-state index in [1.165, 1.54) is 11.1 Å². The van der Waals surface area contributed by atoms with Crippen LogP contribution in [0.1, 0.15) is 17.2 Å². The van der Waals surface area contributed by atoms with Gasteiger partial charge < -0.3 is 4.74 Å². The molecule has 0 fully saturated rings. The van der Waals surface area contributed by atoms with Gasteiger partial charge in [-0.3, -0.25) is 0 Å². The first kappa shape index (κ1) is 12.6. The first-order chi connectivity index (χ1) is 8.40. The van der Waals surface area contributed by atoms with E-state index < -0.39 is 0 Å². The number of halogens is 1. The quantitative estimate of drug-likeness (QED) is 0.581. The summed E-state index contributed by atoms with van der Waals surface area (Å²) in [7, 11) is 0.